The van der Waals surface area contributed by atoms with Crippen molar-refractivity contribution in [2.24, 2.45) is 24.6 Å². The topological polar surface area (TPSA) is 108 Å². The van der Waals surface area contributed by atoms with Crippen molar-refractivity contribution in [1.82, 2.24) is 4.90 Å². The Bertz CT molecular complexity index is 765. The normalized spacial score (nSPS) is 25.9. The first-order chi connectivity index (χ1) is 12.4. The number of aliphatic carboxylic acids is 1. The van der Waals surface area contributed by atoms with Gasteiger partial charge in [0, 0.05) is 23.0 Å². The second kappa shape index (κ2) is 7.38. The smallest absolute Gasteiger partial charge is 0.353 e. The Kier molecular flexibility index (Phi) is 5.36. The third-order valence-corrected chi connectivity index (χ3v) is 6.40. The zero-order valence-corrected chi connectivity index (χ0v) is 15.6. The second-order valence-corrected chi connectivity index (χ2v) is 7.78. The Morgan fingerprint density at radius 2 is 2.19 bits per heavy atom. The first kappa shape index (κ1) is 18.9. The molecule has 1 saturated heterocycles. The van der Waals surface area contributed by atoms with Crippen LogP contribution >= 0.6 is 11.8 Å². The van der Waals surface area contributed by atoms with Crippen LogP contribution in [-0.2, 0) is 22.4 Å². The summed E-state index contributed by atoms with van der Waals surface area (Å²) in [5, 5.41) is 19.7. The number of aliphatic hydroxyl groups excluding tert-OH is 1. The number of rotatable bonds is 7. The molecule has 1 aromatic heterocycles. The minimum absolute atomic E-state index is 0.0546. The molecular formula is C18H24N3O4S+. The van der Waals surface area contributed by atoms with E-state index in [-0.39, 0.29) is 23.6 Å². The zero-order chi connectivity index (χ0) is 19.0. The highest BCUT2D eigenvalue weighted by molar-refractivity contribution is 8.02. The van der Waals surface area contributed by atoms with Crippen LogP contribution in [0.1, 0.15) is 19.0 Å². The van der Waals surface area contributed by atoms with Gasteiger partial charge in [-0.25, -0.2) is 9.36 Å². The number of pyridine rings is 1. The van der Waals surface area contributed by atoms with Crippen molar-refractivity contribution in [3.05, 3.63) is 40.7 Å². The molecule has 3 heterocycles. The van der Waals surface area contributed by atoms with Gasteiger partial charge < -0.3 is 20.8 Å². The summed E-state index contributed by atoms with van der Waals surface area (Å²) in [5.74, 6) is -1.54. The van der Waals surface area contributed by atoms with E-state index in [2.05, 4.69) is 0 Å². The fourth-order valence-corrected chi connectivity index (χ4v) is 5.29. The molecule has 0 aromatic carbocycles. The number of carboxylic acid groups (broad SMARTS) is 1. The van der Waals surface area contributed by atoms with Crippen molar-refractivity contribution in [2.75, 3.05) is 6.54 Å². The van der Waals surface area contributed by atoms with Gasteiger partial charge in [0.2, 0.25) is 5.91 Å². The standard InChI is InChI=1S/C18H23N3O4S/c1-10(22)13-14-12(6-7-19)16(15(18(24)25)21(14)17(13)23)26-9-11-5-3-4-8-20(11)2/h3-5,8,10,12-14,22H,6-7,9,19H2,1-2H3/p+1/t10-,12-,13-,14-/m1/s1. The maximum absolute atomic E-state index is 12.4. The number of amides is 1. The van der Waals surface area contributed by atoms with E-state index in [1.807, 2.05) is 36.0 Å². The molecule has 2 aliphatic heterocycles. The van der Waals surface area contributed by atoms with Crippen LogP contribution in [0.15, 0.2) is 35.0 Å². The van der Waals surface area contributed by atoms with Crippen LogP contribution in [-0.4, -0.2) is 45.7 Å². The Balaban J connectivity index is 1.93. The number of hydrogen-bond donors (Lipinski definition) is 3. The first-order valence-electron chi connectivity index (χ1n) is 8.63. The molecule has 1 fully saturated rings. The number of aryl methyl sites for hydroxylation is 1. The zero-order valence-electron chi connectivity index (χ0n) is 14.8. The van der Waals surface area contributed by atoms with Crippen molar-refractivity contribution in [1.29, 1.82) is 0 Å². The highest BCUT2D eigenvalue weighted by Crippen LogP contribution is 2.52. The number of aliphatic hydroxyl groups is 1. The summed E-state index contributed by atoms with van der Waals surface area (Å²) in [6.07, 6.45) is 1.71. The van der Waals surface area contributed by atoms with Gasteiger partial charge in [0.25, 0.3) is 0 Å². The molecule has 3 rings (SSSR count). The molecule has 4 N–H and O–H groups in total. The maximum atomic E-state index is 12.4. The number of β-lactam (4-membered cyclic amide) rings is 1. The Hall–Kier alpha value is -1.90. The summed E-state index contributed by atoms with van der Waals surface area (Å²) >= 11 is 1.45. The summed E-state index contributed by atoms with van der Waals surface area (Å²) in [5.41, 5.74) is 6.87. The number of nitrogens with zero attached hydrogens (tertiary/aromatic N) is 2. The fraction of sp³-hybridized carbons (Fsp3) is 0.500. The van der Waals surface area contributed by atoms with Gasteiger partial charge in [0.1, 0.15) is 12.7 Å². The summed E-state index contributed by atoms with van der Waals surface area (Å²) in [6.45, 7) is 1.97. The molecule has 1 aromatic rings. The molecule has 4 atom stereocenters. The lowest BCUT2D eigenvalue weighted by molar-refractivity contribution is -0.678. The molecule has 0 spiro atoms. The van der Waals surface area contributed by atoms with E-state index in [0.717, 1.165) is 5.69 Å². The molecule has 8 heteroatoms. The fourth-order valence-electron chi connectivity index (χ4n) is 3.89. The number of carbonyl (C=O) groups excluding carboxylic acids is 1. The monoisotopic (exact) mass is 378 g/mol. The van der Waals surface area contributed by atoms with E-state index < -0.39 is 18.0 Å². The van der Waals surface area contributed by atoms with Crippen LogP contribution in [0.2, 0.25) is 0 Å². The molecule has 140 valence electrons. The molecule has 0 radical (unpaired) electrons. The molecular weight excluding hydrogens is 354 g/mol. The first-order valence-corrected chi connectivity index (χ1v) is 9.62. The minimum atomic E-state index is -1.10. The number of hydrogen-bond acceptors (Lipinski definition) is 5. The average Bonchev–Trinajstić information content (AvgIpc) is 2.84. The van der Waals surface area contributed by atoms with Crippen LogP contribution in [0.4, 0.5) is 0 Å². The van der Waals surface area contributed by atoms with Crippen LogP contribution in [0.3, 0.4) is 0 Å². The number of carboxylic acids is 1. The molecule has 1 amide bonds. The molecule has 0 aliphatic carbocycles. The van der Waals surface area contributed by atoms with Gasteiger partial charge in [-0.15, -0.1) is 11.8 Å². The second-order valence-electron chi connectivity index (χ2n) is 6.76. The number of thioether (sulfide) groups is 1. The predicted molar refractivity (Wildman–Crippen MR) is 96.5 cm³/mol. The van der Waals surface area contributed by atoms with Crippen LogP contribution in [0, 0.1) is 11.8 Å². The van der Waals surface area contributed by atoms with Crippen molar-refractivity contribution in [3.63, 3.8) is 0 Å². The van der Waals surface area contributed by atoms with E-state index in [1.54, 1.807) is 6.92 Å². The van der Waals surface area contributed by atoms with E-state index >= 15 is 0 Å². The largest absolute Gasteiger partial charge is 0.477 e. The van der Waals surface area contributed by atoms with Gasteiger partial charge in [-0.3, -0.25) is 4.79 Å². The van der Waals surface area contributed by atoms with Gasteiger partial charge in [-0.05, 0) is 19.9 Å². The van der Waals surface area contributed by atoms with Crippen LogP contribution in [0.5, 0.6) is 0 Å². The van der Waals surface area contributed by atoms with E-state index in [0.29, 0.717) is 23.6 Å². The lowest BCUT2D eigenvalue weighted by Gasteiger charge is -2.47. The molecule has 0 saturated carbocycles. The van der Waals surface area contributed by atoms with Gasteiger partial charge in [-0.1, -0.05) is 6.07 Å². The van der Waals surface area contributed by atoms with Gasteiger partial charge in [-0.2, -0.15) is 0 Å². The summed E-state index contributed by atoms with van der Waals surface area (Å²) < 4.78 is 1.99. The lowest BCUT2D eigenvalue weighted by atomic mass is 9.77. The van der Waals surface area contributed by atoms with Crippen molar-refractivity contribution in [2.45, 2.75) is 31.2 Å². The Morgan fingerprint density at radius 3 is 2.77 bits per heavy atom. The van der Waals surface area contributed by atoms with E-state index in [9.17, 15) is 19.8 Å². The van der Waals surface area contributed by atoms with Gasteiger partial charge in [0.05, 0.1) is 23.8 Å². The highest BCUT2D eigenvalue weighted by Gasteiger charge is 2.60. The number of carbonyl (C=O) groups is 2. The SMILES string of the molecule is C[C@@H](O)[C@H]1C(=O)N2C(C(=O)O)=C(SCc3cccc[n+]3C)[C@H](CCN)[C@H]12. The molecule has 2 aliphatic rings. The summed E-state index contributed by atoms with van der Waals surface area (Å²) in [6, 6.07) is 5.54. The third kappa shape index (κ3) is 3.02. The van der Waals surface area contributed by atoms with Crippen LogP contribution in [0.25, 0.3) is 0 Å². The number of fused-ring (bicyclic) bond motifs is 1. The van der Waals surface area contributed by atoms with Gasteiger partial charge >= 0.3 is 5.97 Å². The van der Waals surface area contributed by atoms with E-state index in [4.69, 9.17) is 5.73 Å². The quantitative estimate of drug-likeness (QED) is 0.463. The predicted octanol–water partition coefficient (Wildman–Crippen LogP) is 0.227. The number of nitrogens with two attached hydrogens (primary N) is 1. The summed E-state index contributed by atoms with van der Waals surface area (Å²) in [4.78, 5) is 26.4. The highest BCUT2D eigenvalue weighted by atomic mass is 32.2. The Labute approximate surface area is 156 Å². The molecule has 0 unspecified atom stereocenters. The molecule has 26 heavy (non-hydrogen) atoms. The molecule has 0 bridgehead atoms. The van der Waals surface area contributed by atoms with Crippen molar-refractivity contribution in [3.8, 4) is 0 Å². The van der Waals surface area contributed by atoms with E-state index in [1.165, 1.54) is 16.7 Å². The maximum Gasteiger partial charge on any atom is 0.353 e. The lowest BCUT2D eigenvalue weighted by Crippen LogP contribution is -2.64. The van der Waals surface area contributed by atoms with Crippen molar-refractivity contribution < 1.29 is 24.4 Å². The van der Waals surface area contributed by atoms with Crippen LogP contribution < -0.4 is 10.3 Å². The van der Waals surface area contributed by atoms with Gasteiger partial charge in [0.15, 0.2) is 11.9 Å². The Morgan fingerprint density at radius 1 is 1.46 bits per heavy atom. The molecule has 7 nitrogen and oxygen atoms in total. The van der Waals surface area contributed by atoms with Crippen molar-refractivity contribution >= 4 is 23.6 Å². The summed E-state index contributed by atoms with van der Waals surface area (Å²) in [7, 11) is 1.94. The average molecular weight is 378 g/mol. The minimum Gasteiger partial charge on any atom is -0.477 e. The third-order valence-electron chi connectivity index (χ3n) is 5.15. The number of aromatic nitrogens is 1.